The Labute approximate surface area is 103 Å². The molecule has 1 aromatic carbocycles. The van der Waals surface area contributed by atoms with E-state index < -0.39 is 10.8 Å². The number of nitrogens with two attached hydrogens (primary N) is 1. The van der Waals surface area contributed by atoms with E-state index in [1.54, 1.807) is 6.07 Å². The molecule has 2 rings (SSSR count). The Morgan fingerprint density at radius 3 is 2.65 bits per heavy atom. The SMILES string of the molecule is C[C@H](N)c1cc(F)ccc1N1CCS(=O)CC1. The summed E-state index contributed by atoms with van der Waals surface area (Å²) in [5.74, 6) is 1.09. The Balaban J connectivity index is 2.28. The fourth-order valence-corrected chi connectivity index (χ4v) is 3.11. The van der Waals surface area contributed by atoms with Gasteiger partial charge in [0.25, 0.3) is 0 Å². The number of hydrogen-bond donors (Lipinski definition) is 1. The maximum absolute atomic E-state index is 13.2. The number of halogens is 1. The van der Waals surface area contributed by atoms with Gasteiger partial charge >= 0.3 is 0 Å². The van der Waals surface area contributed by atoms with Crippen LogP contribution in [0.5, 0.6) is 0 Å². The first kappa shape index (κ1) is 12.5. The topological polar surface area (TPSA) is 46.3 Å². The number of nitrogens with zero attached hydrogens (tertiary/aromatic N) is 1. The van der Waals surface area contributed by atoms with Gasteiger partial charge in [0.05, 0.1) is 0 Å². The number of benzene rings is 1. The molecule has 0 saturated carbocycles. The van der Waals surface area contributed by atoms with Gasteiger partial charge in [-0.05, 0) is 30.7 Å². The minimum Gasteiger partial charge on any atom is -0.369 e. The zero-order chi connectivity index (χ0) is 12.4. The monoisotopic (exact) mass is 256 g/mol. The quantitative estimate of drug-likeness (QED) is 0.870. The molecule has 0 aromatic heterocycles. The standard InChI is InChI=1S/C12H17FN2OS/c1-9(14)11-8-10(13)2-3-12(11)15-4-6-17(16)7-5-15/h2-3,8-9H,4-7,14H2,1H3/t9-/m0/s1. The van der Waals surface area contributed by atoms with E-state index in [0.717, 1.165) is 24.3 Å². The van der Waals surface area contributed by atoms with E-state index in [2.05, 4.69) is 4.90 Å². The van der Waals surface area contributed by atoms with Crippen LogP contribution in [-0.4, -0.2) is 28.8 Å². The van der Waals surface area contributed by atoms with E-state index in [-0.39, 0.29) is 11.9 Å². The largest absolute Gasteiger partial charge is 0.369 e. The molecule has 17 heavy (non-hydrogen) atoms. The average Bonchev–Trinajstić information content (AvgIpc) is 2.30. The van der Waals surface area contributed by atoms with Gasteiger partial charge in [-0.3, -0.25) is 4.21 Å². The van der Waals surface area contributed by atoms with Gasteiger partial charge in [0.15, 0.2) is 0 Å². The van der Waals surface area contributed by atoms with Crippen molar-refractivity contribution in [2.24, 2.45) is 5.73 Å². The number of anilines is 1. The molecule has 1 fully saturated rings. The van der Waals surface area contributed by atoms with Crippen molar-refractivity contribution in [3.05, 3.63) is 29.6 Å². The highest BCUT2D eigenvalue weighted by Gasteiger charge is 2.19. The summed E-state index contributed by atoms with van der Waals surface area (Å²) >= 11 is 0. The molecule has 0 bridgehead atoms. The predicted molar refractivity (Wildman–Crippen MR) is 69.1 cm³/mol. The Kier molecular flexibility index (Phi) is 3.79. The van der Waals surface area contributed by atoms with Crippen molar-refractivity contribution in [1.29, 1.82) is 0 Å². The van der Waals surface area contributed by atoms with Crippen LogP contribution in [0, 0.1) is 5.82 Å². The van der Waals surface area contributed by atoms with Gasteiger partial charge in [0, 0.05) is 47.1 Å². The Bertz CT molecular complexity index is 427. The number of hydrogen-bond acceptors (Lipinski definition) is 3. The maximum atomic E-state index is 13.2. The van der Waals surface area contributed by atoms with Gasteiger partial charge < -0.3 is 10.6 Å². The third-order valence-electron chi connectivity index (χ3n) is 3.00. The van der Waals surface area contributed by atoms with Crippen LogP contribution in [0.1, 0.15) is 18.5 Å². The summed E-state index contributed by atoms with van der Waals surface area (Å²) in [7, 11) is -0.703. The van der Waals surface area contributed by atoms with Crippen LogP contribution in [0.4, 0.5) is 10.1 Å². The molecule has 1 atom stereocenters. The molecule has 1 aliphatic heterocycles. The summed E-state index contributed by atoms with van der Waals surface area (Å²) in [6, 6.07) is 4.51. The van der Waals surface area contributed by atoms with Gasteiger partial charge in [0.1, 0.15) is 5.82 Å². The minimum atomic E-state index is -0.703. The van der Waals surface area contributed by atoms with E-state index in [1.165, 1.54) is 12.1 Å². The van der Waals surface area contributed by atoms with Crippen LogP contribution >= 0.6 is 0 Å². The van der Waals surface area contributed by atoms with Gasteiger partial charge in [-0.15, -0.1) is 0 Å². The second-order valence-corrected chi connectivity index (χ2v) is 6.02. The lowest BCUT2D eigenvalue weighted by Crippen LogP contribution is -2.38. The molecular formula is C12H17FN2OS. The first-order valence-corrected chi connectivity index (χ1v) is 7.21. The molecule has 1 saturated heterocycles. The zero-order valence-electron chi connectivity index (χ0n) is 9.86. The highest BCUT2D eigenvalue weighted by atomic mass is 32.2. The molecule has 1 aliphatic rings. The lowest BCUT2D eigenvalue weighted by Gasteiger charge is -2.31. The van der Waals surface area contributed by atoms with Crippen molar-refractivity contribution in [2.45, 2.75) is 13.0 Å². The zero-order valence-corrected chi connectivity index (χ0v) is 10.7. The Morgan fingerprint density at radius 1 is 1.41 bits per heavy atom. The minimum absolute atomic E-state index is 0.201. The van der Waals surface area contributed by atoms with E-state index in [4.69, 9.17) is 5.73 Å². The van der Waals surface area contributed by atoms with Crippen molar-refractivity contribution < 1.29 is 8.60 Å². The first-order valence-electron chi connectivity index (χ1n) is 5.73. The second-order valence-electron chi connectivity index (χ2n) is 4.33. The van der Waals surface area contributed by atoms with Gasteiger partial charge in [-0.2, -0.15) is 0 Å². The molecule has 0 amide bonds. The van der Waals surface area contributed by atoms with E-state index in [1.807, 2.05) is 6.92 Å². The predicted octanol–water partition coefficient (Wildman–Crippen LogP) is 1.41. The van der Waals surface area contributed by atoms with Crippen LogP contribution < -0.4 is 10.6 Å². The van der Waals surface area contributed by atoms with Crippen molar-refractivity contribution >= 4 is 16.5 Å². The van der Waals surface area contributed by atoms with Crippen molar-refractivity contribution in [2.75, 3.05) is 29.5 Å². The first-order chi connectivity index (χ1) is 8.08. The molecule has 2 N–H and O–H groups in total. The maximum Gasteiger partial charge on any atom is 0.123 e. The summed E-state index contributed by atoms with van der Waals surface area (Å²) in [6.07, 6.45) is 0. The van der Waals surface area contributed by atoms with Gasteiger partial charge in [-0.25, -0.2) is 4.39 Å². The van der Waals surface area contributed by atoms with E-state index in [0.29, 0.717) is 11.5 Å². The molecule has 94 valence electrons. The molecule has 0 spiro atoms. The molecule has 1 aromatic rings. The summed E-state index contributed by atoms with van der Waals surface area (Å²) in [5.41, 5.74) is 7.65. The lowest BCUT2D eigenvalue weighted by molar-refractivity contribution is 0.621. The molecule has 0 aliphatic carbocycles. The Morgan fingerprint density at radius 2 is 2.06 bits per heavy atom. The third kappa shape index (κ3) is 2.84. The van der Waals surface area contributed by atoms with Crippen LogP contribution in [-0.2, 0) is 10.8 Å². The van der Waals surface area contributed by atoms with E-state index >= 15 is 0 Å². The molecule has 1 heterocycles. The number of rotatable bonds is 2. The second kappa shape index (κ2) is 5.14. The molecule has 3 nitrogen and oxygen atoms in total. The molecular weight excluding hydrogens is 239 g/mol. The molecule has 0 unspecified atom stereocenters. The van der Waals surface area contributed by atoms with Crippen LogP contribution in [0.15, 0.2) is 18.2 Å². The van der Waals surface area contributed by atoms with E-state index in [9.17, 15) is 8.60 Å². The van der Waals surface area contributed by atoms with Crippen molar-refractivity contribution in [1.82, 2.24) is 0 Å². The lowest BCUT2D eigenvalue weighted by atomic mass is 10.1. The molecule has 5 heteroatoms. The van der Waals surface area contributed by atoms with Crippen LogP contribution in [0.3, 0.4) is 0 Å². The third-order valence-corrected chi connectivity index (χ3v) is 4.27. The van der Waals surface area contributed by atoms with Crippen LogP contribution in [0.25, 0.3) is 0 Å². The summed E-state index contributed by atoms with van der Waals surface area (Å²) in [6.45, 7) is 3.34. The molecule has 0 radical (unpaired) electrons. The summed E-state index contributed by atoms with van der Waals surface area (Å²) < 4.78 is 24.5. The van der Waals surface area contributed by atoms with Gasteiger partial charge in [0.2, 0.25) is 0 Å². The highest BCUT2D eigenvalue weighted by Crippen LogP contribution is 2.27. The fraction of sp³-hybridized carbons (Fsp3) is 0.500. The van der Waals surface area contributed by atoms with Gasteiger partial charge in [-0.1, -0.05) is 0 Å². The fourth-order valence-electron chi connectivity index (χ4n) is 2.06. The van der Waals surface area contributed by atoms with Crippen molar-refractivity contribution in [3.63, 3.8) is 0 Å². The highest BCUT2D eigenvalue weighted by molar-refractivity contribution is 7.85. The summed E-state index contributed by atoms with van der Waals surface area (Å²) in [5, 5.41) is 0. The normalized spacial score (nSPS) is 19.4. The van der Waals surface area contributed by atoms with Crippen LogP contribution in [0.2, 0.25) is 0 Å². The summed E-state index contributed by atoms with van der Waals surface area (Å²) in [4.78, 5) is 2.14. The Hall–Kier alpha value is -0.940. The van der Waals surface area contributed by atoms with Crippen molar-refractivity contribution in [3.8, 4) is 0 Å². The average molecular weight is 256 g/mol. The smallest absolute Gasteiger partial charge is 0.123 e.